The molecule has 1 aliphatic rings. The van der Waals surface area contributed by atoms with E-state index in [9.17, 15) is 0 Å². The van der Waals surface area contributed by atoms with Gasteiger partial charge in [-0.25, -0.2) is 0 Å². The van der Waals surface area contributed by atoms with E-state index in [1.54, 1.807) is 0 Å². The summed E-state index contributed by atoms with van der Waals surface area (Å²) in [6, 6.07) is 0.642. The molecule has 0 aromatic rings. The monoisotopic (exact) mass is 269 g/mol. The lowest BCUT2D eigenvalue weighted by Crippen LogP contribution is -2.51. The molecule has 3 heteroatoms. The first-order chi connectivity index (χ1) is 8.86. The van der Waals surface area contributed by atoms with Crippen molar-refractivity contribution in [2.75, 3.05) is 40.3 Å². The SMILES string of the molecule is CCCN1CCC(C(C)NCC(C)(C)N(C)C)CC1. The van der Waals surface area contributed by atoms with Gasteiger partial charge in [-0.1, -0.05) is 6.92 Å². The molecule has 0 aromatic carbocycles. The quantitative estimate of drug-likeness (QED) is 0.766. The van der Waals surface area contributed by atoms with Crippen molar-refractivity contribution in [1.29, 1.82) is 0 Å². The van der Waals surface area contributed by atoms with Crippen LogP contribution in [-0.4, -0.2) is 61.7 Å². The Morgan fingerprint density at radius 3 is 2.32 bits per heavy atom. The highest BCUT2D eigenvalue weighted by Crippen LogP contribution is 2.21. The molecule has 0 aromatic heterocycles. The molecule has 114 valence electrons. The van der Waals surface area contributed by atoms with Gasteiger partial charge in [0.25, 0.3) is 0 Å². The van der Waals surface area contributed by atoms with E-state index in [1.165, 1.54) is 38.9 Å². The summed E-state index contributed by atoms with van der Waals surface area (Å²) < 4.78 is 0. The molecule has 1 aliphatic heterocycles. The van der Waals surface area contributed by atoms with Crippen molar-refractivity contribution in [3.63, 3.8) is 0 Å². The van der Waals surface area contributed by atoms with Crippen LogP contribution in [0.1, 0.15) is 47.0 Å². The van der Waals surface area contributed by atoms with Crippen LogP contribution in [0.25, 0.3) is 0 Å². The topological polar surface area (TPSA) is 18.5 Å². The van der Waals surface area contributed by atoms with Gasteiger partial charge in [0.1, 0.15) is 0 Å². The van der Waals surface area contributed by atoms with Crippen molar-refractivity contribution in [2.45, 2.75) is 58.5 Å². The van der Waals surface area contributed by atoms with Crippen molar-refractivity contribution < 1.29 is 0 Å². The summed E-state index contributed by atoms with van der Waals surface area (Å²) >= 11 is 0. The second kappa shape index (κ2) is 7.61. The number of nitrogens with one attached hydrogen (secondary N) is 1. The first-order valence-electron chi connectivity index (χ1n) is 8.00. The van der Waals surface area contributed by atoms with Gasteiger partial charge in [-0.05, 0) is 79.7 Å². The fraction of sp³-hybridized carbons (Fsp3) is 1.00. The summed E-state index contributed by atoms with van der Waals surface area (Å²) in [7, 11) is 4.32. The molecule has 1 heterocycles. The molecular formula is C16H35N3. The van der Waals surface area contributed by atoms with Gasteiger partial charge < -0.3 is 15.1 Å². The lowest BCUT2D eigenvalue weighted by atomic mass is 9.89. The van der Waals surface area contributed by atoms with E-state index in [-0.39, 0.29) is 5.54 Å². The van der Waals surface area contributed by atoms with E-state index in [0.717, 1.165) is 12.5 Å². The molecule has 3 nitrogen and oxygen atoms in total. The molecular weight excluding hydrogens is 234 g/mol. The zero-order valence-corrected chi connectivity index (χ0v) is 14.0. The van der Waals surface area contributed by atoms with Crippen molar-refractivity contribution in [3.05, 3.63) is 0 Å². The zero-order valence-electron chi connectivity index (χ0n) is 14.0. The maximum absolute atomic E-state index is 3.76. The number of nitrogens with zero attached hydrogens (tertiary/aromatic N) is 2. The van der Waals surface area contributed by atoms with E-state index in [1.807, 2.05) is 0 Å². The molecule has 0 spiro atoms. The summed E-state index contributed by atoms with van der Waals surface area (Å²) in [5.74, 6) is 0.853. The summed E-state index contributed by atoms with van der Waals surface area (Å²) in [5, 5.41) is 3.76. The lowest BCUT2D eigenvalue weighted by Gasteiger charge is -2.38. The highest BCUT2D eigenvalue weighted by Gasteiger charge is 2.26. The van der Waals surface area contributed by atoms with Gasteiger partial charge in [0, 0.05) is 18.1 Å². The Morgan fingerprint density at radius 2 is 1.84 bits per heavy atom. The fourth-order valence-electron chi connectivity index (χ4n) is 2.73. The largest absolute Gasteiger partial charge is 0.312 e. The Balaban J connectivity index is 2.30. The summed E-state index contributed by atoms with van der Waals surface area (Å²) in [6.45, 7) is 14.2. The van der Waals surface area contributed by atoms with Crippen LogP contribution in [0, 0.1) is 5.92 Å². The smallest absolute Gasteiger partial charge is 0.0271 e. The molecule has 0 aliphatic carbocycles. The maximum atomic E-state index is 3.76. The third-order valence-corrected chi connectivity index (χ3v) is 4.95. The van der Waals surface area contributed by atoms with Gasteiger partial charge in [0.2, 0.25) is 0 Å². The van der Waals surface area contributed by atoms with Crippen molar-refractivity contribution >= 4 is 0 Å². The summed E-state index contributed by atoms with van der Waals surface area (Å²) in [6.07, 6.45) is 4.00. The average Bonchev–Trinajstić information content (AvgIpc) is 2.37. The van der Waals surface area contributed by atoms with Crippen LogP contribution < -0.4 is 5.32 Å². The molecule has 0 saturated carbocycles. The molecule has 1 fully saturated rings. The minimum atomic E-state index is 0.233. The van der Waals surface area contributed by atoms with Crippen LogP contribution in [0.15, 0.2) is 0 Å². The third kappa shape index (κ3) is 5.41. The maximum Gasteiger partial charge on any atom is 0.0271 e. The Bertz CT molecular complexity index is 242. The van der Waals surface area contributed by atoms with Crippen LogP contribution in [0.4, 0.5) is 0 Å². The van der Waals surface area contributed by atoms with Gasteiger partial charge in [-0.2, -0.15) is 0 Å². The third-order valence-electron chi connectivity index (χ3n) is 4.95. The Morgan fingerprint density at radius 1 is 1.26 bits per heavy atom. The Hall–Kier alpha value is -0.120. The second-order valence-electron chi connectivity index (χ2n) is 7.06. The molecule has 1 rings (SSSR count). The van der Waals surface area contributed by atoms with Crippen LogP contribution in [0.2, 0.25) is 0 Å². The van der Waals surface area contributed by atoms with Crippen LogP contribution >= 0.6 is 0 Å². The van der Waals surface area contributed by atoms with Crippen molar-refractivity contribution in [1.82, 2.24) is 15.1 Å². The van der Waals surface area contributed by atoms with E-state index >= 15 is 0 Å². The van der Waals surface area contributed by atoms with Crippen LogP contribution in [0.3, 0.4) is 0 Å². The second-order valence-corrected chi connectivity index (χ2v) is 7.06. The zero-order chi connectivity index (χ0) is 14.5. The van der Waals surface area contributed by atoms with Gasteiger partial charge in [0.05, 0.1) is 0 Å². The number of hydrogen-bond donors (Lipinski definition) is 1. The standard InChI is InChI=1S/C16H35N3/c1-7-10-19-11-8-15(9-12-19)14(2)17-13-16(3,4)18(5)6/h14-15,17H,7-13H2,1-6H3. The first-order valence-corrected chi connectivity index (χ1v) is 8.00. The normalized spacial score (nSPS) is 21.0. The Kier molecular flexibility index (Phi) is 6.78. The minimum absolute atomic E-state index is 0.233. The molecule has 0 bridgehead atoms. The number of rotatable bonds is 7. The fourth-order valence-corrected chi connectivity index (χ4v) is 2.73. The molecule has 1 atom stereocenters. The number of likely N-dealkylation sites (tertiary alicyclic amines) is 1. The predicted octanol–water partition coefficient (Wildman–Crippen LogP) is 2.43. The molecule has 0 amide bonds. The van der Waals surface area contributed by atoms with Crippen molar-refractivity contribution in [3.8, 4) is 0 Å². The van der Waals surface area contributed by atoms with Gasteiger partial charge >= 0.3 is 0 Å². The molecule has 1 unspecified atom stereocenters. The van der Waals surface area contributed by atoms with Crippen LogP contribution in [0.5, 0.6) is 0 Å². The number of likely N-dealkylation sites (N-methyl/N-ethyl adjacent to an activating group) is 1. The van der Waals surface area contributed by atoms with E-state index in [2.05, 4.69) is 56.9 Å². The number of hydrogen-bond acceptors (Lipinski definition) is 3. The molecule has 1 N–H and O–H groups in total. The summed E-state index contributed by atoms with van der Waals surface area (Å²) in [5.41, 5.74) is 0.233. The highest BCUT2D eigenvalue weighted by atomic mass is 15.2. The van der Waals surface area contributed by atoms with E-state index in [0.29, 0.717) is 6.04 Å². The van der Waals surface area contributed by atoms with Crippen LogP contribution in [-0.2, 0) is 0 Å². The predicted molar refractivity (Wildman–Crippen MR) is 84.7 cm³/mol. The molecule has 1 saturated heterocycles. The Labute approximate surface area is 120 Å². The average molecular weight is 269 g/mol. The lowest BCUT2D eigenvalue weighted by molar-refractivity contribution is 0.144. The molecule has 19 heavy (non-hydrogen) atoms. The van der Waals surface area contributed by atoms with Gasteiger partial charge in [-0.3, -0.25) is 0 Å². The highest BCUT2D eigenvalue weighted by molar-refractivity contribution is 4.85. The summed E-state index contributed by atoms with van der Waals surface area (Å²) in [4.78, 5) is 4.92. The van der Waals surface area contributed by atoms with E-state index < -0.39 is 0 Å². The first kappa shape index (κ1) is 16.9. The van der Waals surface area contributed by atoms with E-state index in [4.69, 9.17) is 0 Å². The van der Waals surface area contributed by atoms with Gasteiger partial charge in [0.15, 0.2) is 0 Å². The number of piperidine rings is 1. The van der Waals surface area contributed by atoms with Gasteiger partial charge in [-0.15, -0.1) is 0 Å². The molecule has 0 radical (unpaired) electrons. The van der Waals surface area contributed by atoms with Crippen molar-refractivity contribution in [2.24, 2.45) is 5.92 Å². The minimum Gasteiger partial charge on any atom is -0.312 e.